The molecule has 0 aliphatic rings. The quantitative estimate of drug-likeness (QED) is 0.612. The van der Waals surface area contributed by atoms with Crippen LogP contribution in [0.5, 0.6) is 0 Å². The van der Waals surface area contributed by atoms with Crippen LogP contribution in [0.25, 0.3) is 21.3 Å². The molecule has 1 aromatic carbocycles. The van der Waals surface area contributed by atoms with Crippen LogP contribution in [0.1, 0.15) is 0 Å². The summed E-state index contributed by atoms with van der Waals surface area (Å²) in [6.07, 6.45) is 0. The van der Waals surface area contributed by atoms with E-state index in [9.17, 15) is 0 Å². The zero-order chi connectivity index (χ0) is 10.3. The molecule has 0 N–H and O–H groups in total. The van der Waals surface area contributed by atoms with Crippen LogP contribution in [0.15, 0.2) is 35.0 Å². The van der Waals surface area contributed by atoms with E-state index < -0.39 is 0 Å². The molecule has 0 aliphatic heterocycles. The third kappa shape index (κ3) is 1.57. The molecule has 0 unspecified atom stereocenters. The van der Waals surface area contributed by atoms with E-state index in [1.807, 2.05) is 11.4 Å². The van der Waals surface area contributed by atoms with Gasteiger partial charge in [-0.15, -0.1) is 22.7 Å². The number of halogens is 1. The summed E-state index contributed by atoms with van der Waals surface area (Å²) in [5.74, 6) is 0. The van der Waals surface area contributed by atoms with Crippen molar-refractivity contribution in [2.45, 2.75) is 0 Å². The van der Waals surface area contributed by atoms with Crippen molar-refractivity contribution in [3.63, 3.8) is 0 Å². The van der Waals surface area contributed by atoms with Gasteiger partial charge in [-0.25, -0.2) is 4.98 Å². The van der Waals surface area contributed by atoms with E-state index >= 15 is 0 Å². The van der Waals surface area contributed by atoms with Crippen LogP contribution in [-0.4, -0.2) is 4.98 Å². The van der Waals surface area contributed by atoms with Gasteiger partial charge < -0.3 is 0 Å². The molecular weight excluding hydrogens is 246 g/mol. The molecule has 0 spiro atoms. The van der Waals surface area contributed by atoms with Gasteiger partial charge in [0.2, 0.25) is 0 Å². The van der Waals surface area contributed by atoms with Crippen molar-refractivity contribution in [2.75, 3.05) is 0 Å². The lowest BCUT2D eigenvalue weighted by Gasteiger charge is -1.92. The number of thiazole rings is 1. The predicted molar refractivity (Wildman–Crippen MR) is 67.9 cm³/mol. The first-order chi connectivity index (χ1) is 7.34. The molecule has 3 aromatic rings. The number of benzene rings is 1. The van der Waals surface area contributed by atoms with Crippen molar-refractivity contribution in [3.05, 3.63) is 39.5 Å². The van der Waals surface area contributed by atoms with E-state index in [0.29, 0.717) is 4.47 Å². The molecule has 0 bridgehead atoms. The second kappa shape index (κ2) is 3.59. The van der Waals surface area contributed by atoms with Crippen molar-refractivity contribution in [1.82, 2.24) is 4.98 Å². The minimum Gasteiger partial charge on any atom is -0.225 e. The van der Waals surface area contributed by atoms with Gasteiger partial charge in [-0.3, -0.25) is 0 Å². The first-order valence-electron chi connectivity index (χ1n) is 4.42. The zero-order valence-corrected chi connectivity index (χ0v) is 9.99. The standard InChI is InChI=1S/C11H6ClNS2/c12-11-13-9(6-15-11)8-5-14-10-4-2-1-3-7(8)10/h1-6H. The van der Waals surface area contributed by atoms with Crippen LogP contribution in [0.4, 0.5) is 0 Å². The molecular formula is C11H6ClNS2. The molecule has 1 nitrogen and oxygen atoms in total. The highest BCUT2D eigenvalue weighted by atomic mass is 35.5. The van der Waals surface area contributed by atoms with Gasteiger partial charge in [-0.05, 0) is 6.07 Å². The Kier molecular flexibility index (Phi) is 2.24. The minimum atomic E-state index is 0.597. The topological polar surface area (TPSA) is 12.9 Å². The lowest BCUT2D eigenvalue weighted by molar-refractivity contribution is 1.43. The van der Waals surface area contributed by atoms with Crippen LogP contribution in [0.3, 0.4) is 0 Å². The third-order valence-corrected chi connectivity index (χ3v) is 4.18. The van der Waals surface area contributed by atoms with Gasteiger partial charge in [0, 0.05) is 26.4 Å². The summed E-state index contributed by atoms with van der Waals surface area (Å²) in [6.45, 7) is 0. The van der Waals surface area contributed by atoms with E-state index in [-0.39, 0.29) is 0 Å². The fourth-order valence-electron chi connectivity index (χ4n) is 1.55. The average Bonchev–Trinajstić information content (AvgIpc) is 2.83. The number of thiophene rings is 1. The Bertz CT molecular complexity index is 612. The smallest absolute Gasteiger partial charge is 0.184 e. The summed E-state index contributed by atoms with van der Waals surface area (Å²) >= 11 is 9.05. The number of nitrogens with zero attached hydrogens (tertiary/aromatic N) is 1. The van der Waals surface area contributed by atoms with Crippen molar-refractivity contribution in [3.8, 4) is 11.3 Å². The Morgan fingerprint density at radius 3 is 2.73 bits per heavy atom. The van der Waals surface area contributed by atoms with Crippen molar-refractivity contribution < 1.29 is 0 Å². The monoisotopic (exact) mass is 251 g/mol. The molecule has 0 radical (unpaired) electrons. The van der Waals surface area contributed by atoms with E-state index in [1.165, 1.54) is 27.0 Å². The first-order valence-corrected chi connectivity index (χ1v) is 6.56. The third-order valence-electron chi connectivity index (χ3n) is 2.23. The summed E-state index contributed by atoms with van der Waals surface area (Å²) in [5, 5.41) is 5.39. The van der Waals surface area contributed by atoms with Crippen LogP contribution in [0.2, 0.25) is 4.47 Å². The summed E-state index contributed by atoms with van der Waals surface area (Å²) in [6, 6.07) is 8.34. The zero-order valence-electron chi connectivity index (χ0n) is 7.61. The molecule has 2 aromatic heterocycles. The van der Waals surface area contributed by atoms with Gasteiger partial charge in [0.1, 0.15) is 0 Å². The van der Waals surface area contributed by atoms with Crippen molar-refractivity contribution in [2.24, 2.45) is 0 Å². The first kappa shape index (κ1) is 9.33. The predicted octanol–water partition coefficient (Wildman–Crippen LogP) is 4.68. The van der Waals surface area contributed by atoms with Gasteiger partial charge in [0.15, 0.2) is 4.47 Å². The largest absolute Gasteiger partial charge is 0.225 e. The van der Waals surface area contributed by atoms with Gasteiger partial charge in [-0.2, -0.15) is 0 Å². The van der Waals surface area contributed by atoms with Crippen LogP contribution < -0.4 is 0 Å². The molecule has 0 fully saturated rings. The van der Waals surface area contributed by atoms with Crippen LogP contribution in [0, 0.1) is 0 Å². The second-order valence-corrected chi connectivity index (χ2v) is 5.48. The Morgan fingerprint density at radius 2 is 1.93 bits per heavy atom. The Hall–Kier alpha value is -0.900. The molecule has 0 saturated heterocycles. The maximum atomic E-state index is 5.84. The maximum absolute atomic E-state index is 5.84. The molecule has 0 aliphatic carbocycles. The molecule has 4 heteroatoms. The molecule has 0 amide bonds. The van der Waals surface area contributed by atoms with E-state index in [0.717, 1.165) is 5.69 Å². The summed E-state index contributed by atoms with van der Waals surface area (Å²) in [4.78, 5) is 4.29. The number of fused-ring (bicyclic) bond motifs is 1. The van der Waals surface area contributed by atoms with Gasteiger partial charge in [0.25, 0.3) is 0 Å². The van der Waals surface area contributed by atoms with Gasteiger partial charge in [0.05, 0.1) is 5.69 Å². The fraction of sp³-hybridized carbons (Fsp3) is 0. The van der Waals surface area contributed by atoms with Crippen molar-refractivity contribution in [1.29, 1.82) is 0 Å². The summed E-state index contributed by atoms with van der Waals surface area (Å²) < 4.78 is 1.89. The molecule has 3 rings (SSSR count). The second-order valence-electron chi connectivity index (χ2n) is 3.13. The minimum absolute atomic E-state index is 0.597. The van der Waals surface area contributed by atoms with E-state index in [2.05, 4.69) is 28.6 Å². The Balaban J connectivity index is 2.27. The average molecular weight is 252 g/mol. The highest BCUT2D eigenvalue weighted by molar-refractivity contribution is 7.18. The normalized spacial score (nSPS) is 11.0. The lowest BCUT2D eigenvalue weighted by atomic mass is 10.1. The molecule has 74 valence electrons. The van der Waals surface area contributed by atoms with Crippen LogP contribution >= 0.6 is 34.3 Å². The maximum Gasteiger partial charge on any atom is 0.184 e. The molecule has 0 atom stereocenters. The number of hydrogen-bond acceptors (Lipinski definition) is 3. The van der Waals surface area contributed by atoms with E-state index in [4.69, 9.17) is 11.6 Å². The highest BCUT2D eigenvalue weighted by Gasteiger charge is 2.08. The lowest BCUT2D eigenvalue weighted by Crippen LogP contribution is -1.73. The Morgan fingerprint density at radius 1 is 1.07 bits per heavy atom. The number of rotatable bonds is 1. The van der Waals surface area contributed by atoms with E-state index in [1.54, 1.807) is 11.3 Å². The van der Waals surface area contributed by atoms with Crippen molar-refractivity contribution >= 4 is 44.4 Å². The summed E-state index contributed by atoms with van der Waals surface area (Å²) in [7, 11) is 0. The highest BCUT2D eigenvalue weighted by Crippen LogP contribution is 2.34. The van der Waals surface area contributed by atoms with Crippen LogP contribution in [-0.2, 0) is 0 Å². The fourth-order valence-corrected chi connectivity index (χ4v) is 3.27. The number of hydrogen-bond donors (Lipinski definition) is 0. The summed E-state index contributed by atoms with van der Waals surface area (Å²) in [5.41, 5.74) is 2.15. The Labute approximate surface area is 100.0 Å². The van der Waals surface area contributed by atoms with Gasteiger partial charge in [-0.1, -0.05) is 29.8 Å². The SMILES string of the molecule is Clc1nc(-c2csc3ccccc23)cs1. The molecule has 15 heavy (non-hydrogen) atoms. The molecule has 0 saturated carbocycles. The van der Waals surface area contributed by atoms with Gasteiger partial charge >= 0.3 is 0 Å². The molecule has 2 heterocycles. The number of aromatic nitrogens is 1.